The quantitative estimate of drug-likeness (QED) is 0.897. The number of nitrogens with two attached hydrogens (primary N) is 1. The Labute approximate surface area is 140 Å². The first-order valence-corrected chi connectivity index (χ1v) is 8.04. The fourth-order valence-electron chi connectivity index (χ4n) is 3.02. The molecule has 1 saturated heterocycles. The lowest BCUT2D eigenvalue weighted by Gasteiger charge is -2.31. The molecule has 1 atom stereocenters. The van der Waals surface area contributed by atoms with Crippen molar-refractivity contribution in [1.29, 1.82) is 0 Å². The van der Waals surface area contributed by atoms with Crippen LogP contribution in [0.15, 0.2) is 30.7 Å². The Bertz CT molecular complexity index is 722. The van der Waals surface area contributed by atoms with Crippen molar-refractivity contribution in [2.24, 2.45) is 5.73 Å². The number of rotatable bonds is 5. The predicted octanol–water partition coefficient (Wildman–Crippen LogP) is 1.64. The number of piperidine rings is 1. The summed E-state index contributed by atoms with van der Waals surface area (Å²) in [6, 6.07) is 3.69. The lowest BCUT2D eigenvalue weighted by Crippen LogP contribution is -2.40. The monoisotopic (exact) mass is 327 g/mol. The summed E-state index contributed by atoms with van der Waals surface area (Å²) in [5, 5.41) is 0. The highest BCUT2D eigenvalue weighted by molar-refractivity contribution is 5.75. The van der Waals surface area contributed by atoms with Crippen molar-refractivity contribution in [2.45, 2.75) is 25.7 Å². The molecule has 3 heterocycles. The van der Waals surface area contributed by atoms with E-state index in [4.69, 9.17) is 10.5 Å². The molecule has 1 fully saturated rings. The van der Waals surface area contributed by atoms with E-state index in [0.717, 1.165) is 37.3 Å². The van der Waals surface area contributed by atoms with Crippen LogP contribution in [-0.4, -0.2) is 45.4 Å². The van der Waals surface area contributed by atoms with Gasteiger partial charge in [0.1, 0.15) is 5.69 Å². The van der Waals surface area contributed by atoms with E-state index >= 15 is 0 Å². The second-order valence-electron chi connectivity index (χ2n) is 5.98. The number of carbonyl (C=O) groups excluding carboxylic acids is 1. The van der Waals surface area contributed by atoms with Crippen molar-refractivity contribution in [2.75, 3.05) is 19.6 Å². The van der Waals surface area contributed by atoms with Gasteiger partial charge in [0, 0.05) is 31.1 Å². The van der Waals surface area contributed by atoms with Crippen molar-refractivity contribution < 1.29 is 9.53 Å². The third-order valence-corrected chi connectivity index (χ3v) is 4.13. The van der Waals surface area contributed by atoms with Crippen molar-refractivity contribution in [3.8, 4) is 11.6 Å². The number of hydrogen-bond donors (Lipinski definition) is 1. The number of likely N-dealkylation sites (tertiary alicyclic amines) is 1. The van der Waals surface area contributed by atoms with Crippen LogP contribution < -0.4 is 10.5 Å². The van der Waals surface area contributed by atoms with Crippen LogP contribution in [0.1, 0.15) is 30.1 Å². The van der Waals surface area contributed by atoms with Crippen molar-refractivity contribution >= 4 is 5.91 Å². The summed E-state index contributed by atoms with van der Waals surface area (Å²) >= 11 is 0. The maximum atomic E-state index is 11.2. The molecule has 0 aliphatic carbocycles. The van der Waals surface area contributed by atoms with Gasteiger partial charge in [0.25, 0.3) is 0 Å². The van der Waals surface area contributed by atoms with Crippen LogP contribution in [-0.2, 0) is 4.79 Å². The minimum atomic E-state index is -0.308. The van der Waals surface area contributed by atoms with Gasteiger partial charge in [0.2, 0.25) is 11.8 Å². The summed E-state index contributed by atoms with van der Waals surface area (Å²) in [4.78, 5) is 26.3. The van der Waals surface area contributed by atoms with Gasteiger partial charge in [0.05, 0.1) is 12.2 Å². The molecule has 2 aromatic rings. The molecule has 7 heteroatoms. The van der Waals surface area contributed by atoms with E-state index in [1.54, 1.807) is 18.6 Å². The zero-order valence-electron chi connectivity index (χ0n) is 13.7. The van der Waals surface area contributed by atoms with Gasteiger partial charge < -0.3 is 10.5 Å². The Hall–Kier alpha value is -2.54. The third-order valence-electron chi connectivity index (χ3n) is 4.13. The molecule has 0 spiro atoms. The summed E-state index contributed by atoms with van der Waals surface area (Å²) in [5.41, 5.74) is 6.93. The third kappa shape index (κ3) is 3.86. The van der Waals surface area contributed by atoms with Gasteiger partial charge in [-0.3, -0.25) is 19.7 Å². The van der Waals surface area contributed by atoms with E-state index in [9.17, 15) is 4.79 Å². The molecule has 0 saturated carbocycles. The predicted molar refractivity (Wildman–Crippen MR) is 88.7 cm³/mol. The topological polar surface area (TPSA) is 94.2 Å². The average molecular weight is 327 g/mol. The molecule has 24 heavy (non-hydrogen) atoms. The number of hydrogen-bond acceptors (Lipinski definition) is 6. The van der Waals surface area contributed by atoms with Gasteiger partial charge in [-0.15, -0.1) is 0 Å². The number of ether oxygens (including phenoxy) is 1. The largest absolute Gasteiger partial charge is 0.435 e. The van der Waals surface area contributed by atoms with Gasteiger partial charge in [-0.25, -0.2) is 4.98 Å². The number of pyridine rings is 1. The van der Waals surface area contributed by atoms with Crippen LogP contribution in [0.5, 0.6) is 11.6 Å². The zero-order chi connectivity index (χ0) is 16.9. The van der Waals surface area contributed by atoms with Gasteiger partial charge >= 0.3 is 0 Å². The molecule has 0 aromatic carbocycles. The molecule has 2 aromatic heterocycles. The molecule has 3 rings (SSSR count). The van der Waals surface area contributed by atoms with E-state index in [1.807, 2.05) is 19.1 Å². The summed E-state index contributed by atoms with van der Waals surface area (Å²) in [5.74, 6) is 1.03. The Morgan fingerprint density at radius 3 is 2.96 bits per heavy atom. The minimum Gasteiger partial charge on any atom is -0.435 e. The Kier molecular flexibility index (Phi) is 5.00. The molecule has 2 N–H and O–H groups in total. The van der Waals surface area contributed by atoms with E-state index in [0.29, 0.717) is 11.6 Å². The Morgan fingerprint density at radius 2 is 2.17 bits per heavy atom. The second-order valence-corrected chi connectivity index (χ2v) is 5.98. The normalized spacial score (nSPS) is 18.3. The minimum absolute atomic E-state index is 0.166. The van der Waals surface area contributed by atoms with Crippen molar-refractivity contribution in [3.05, 3.63) is 42.1 Å². The van der Waals surface area contributed by atoms with Crippen molar-refractivity contribution in [3.63, 3.8) is 0 Å². The van der Waals surface area contributed by atoms with E-state index in [1.165, 1.54) is 0 Å². The van der Waals surface area contributed by atoms with E-state index in [2.05, 4.69) is 19.9 Å². The standard InChI is InChI=1S/C17H21N5O2/c1-12-14(5-2-6-19-12)24-17-16(20-7-8-21-17)13-4-3-9-22(10-13)11-15(18)23/h2,5-8,13H,3-4,9-11H2,1H3,(H2,18,23)/t13-/m0/s1. The van der Waals surface area contributed by atoms with Crippen LogP contribution in [0.4, 0.5) is 0 Å². The summed E-state index contributed by atoms with van der Waals surface area (Å²) in [6.45, 7) is 3.76. The number of nitrogens with zero attached hydrogens (tertiary/aromatic N) is 4. The molecular formula is C17H21N5O2. The number of aromatic nitrogens is 3. The molecule has 0 bridgehead atoms. The lowest BCUT2D eigenvalue weighted by molar-refractivity contribution is -0.119. The van der Waals surface area contributed by atoms with Gasteiger partial charge in [-0.05, 0) is 38.4 Å². The summed E-state index contributed by atoms with van der Waals surface area (Å²) in [7, 11) is 0. The molecule has 0 radical (unpaired) electrons. The number of aryl methyl sites for hydroxylation is 1. The Morgan fingerprint density at radius 1 is 1.33 bits per heavy atom. The molecule has 1 aliphatic heterocycles. The maximum Gasteiger partial charge on any atom is 0.241 e. The van der Waals surface area contributed by atoms with Crippen molar-refractivity contribution in [1.82, 2.24) is 19.9 Å². The number of amides is 1. The highest BCUT2D eigenvalue weighted by atomic mass is 16.5. The van der Waals surface area contributed by atoms with E-state index < -0.39 is 0 Å². The van der Waals surface area contributed by atoms with Crippen LogP contribution in [0, 0.1) is 6.92 Å². The fraction of sp³-hybridized carbons (Fsp3) is 0.412. The van der Waals surface area contributed by atoms with E-state index in [-0.39, 0.29) is 18.4 Å². The summed E-state index contributed by atoms with van der Waals surface area (Å²) < 4.78 is 5.96. The second kappa shape index (κ2) is 7.35. The summed E-state index contributed by atoms with van der Waals surface area (Å²) in [6.07, 6.45) is 6.98. The Balaban J connectivity index is 1.81. The molecular weight excluding hydrogens is 306 g/mol. The van der Waals surface area contributed by atoms with Crippen LogP contribution in [0.2, 0.25) is 0 Å². The number of carbonyl (C=O) groups is 1. The maximum absolute atomic E-state index is 11.2. The number of primary amides is 1. The van der Waals surface area contributed by atoms with Crippen LogP contribution in [0.25, 0.3) is 0 Å². The first kappa shape index (κ1) is 16.3. The fourth-order valence-corrected chi connectivity index (χ4v) is 3.02. The zero-order valence-corrected chi connectivity index (χ0v) is 13.7. The van der Waals surface area contributed by atoms with Gasteiger partial charge in [-0.2, -0.15) is 0 Å². The van der Waals surface area contributed by atoms with Crippen LogP contribution >= 0.6 is 0 Å². The molecule has 7 nitrogen and oxygen atoms in total. The average Bonchev–Trinajstić information content (AvgIpc) is 2.57. The first-order chi connectivity index (χ1) is 11.6. The lowest BCUT2D eigenvalue weighted by atomic mass is 9.94. The molecule has 1 aliphatic rings. The first-order valence-electron chi connectivity index (χ1n) is 8.04. The van der Waals surface area contributed by atoms with Gasteiger partial charge in [0.15, 0.2) is 5.75 Å². The molecule has 0 unspecified atom stereocenters. The molecule has 1 amide bonds. The smallest absolute Gasteiger partial charge is 0.241 e. The molecule has 126 valence electrons. The van der Waals surface area contributed by atoms with Gasteiger partial charge in [-0.1, -0.05) is 0 Å². The SMILES string of the molecule is Cc1ncccc1Oc1nccnc1[C@H]1CCCN(CC(N)=O)C1. The van der Waals surface area contributed by atoms with Crippen LogP contribution in [0.3, 0.4) is 0 Å². The highest BCUT2D eigenvalue weighted by Gasteiger charge is 2.26. The highest BCUT2D eigenvalue weighted by Crippen LogP contribution is 2.32.